The largest absolute Gasteiger partial charge is 0.493 e. The third-order valence-corrected chi connectivity index (χ3v) is 4.01. The number of hydrogen-bond donors (Lipinski definition) is 1. The summed E-state index contributed by atoms with van der Waals surface area (Å²) < 4.78 is 5.86. The van der Waals surface area contributed by atoms with Gasteiger partial charge in [-0.1, -0.05) is 18.2 Å². The van der Waals surface area contributed by atoms with E-state index in [0.29, 0.717) is 12.4 Å². The Morgan fingerprint density at radius 2 is 2.00 bits per heavy atom. The number of nitrogens with zero attached hydrogens (tertiary/aromatic N) is 1. The van der Waals surface area contributed by atoms with Gasteiger partial charge in [0.05, 0.1) is 17.3 Å². The maximum absolute atomic E-state index is 5.86. The van der Waals surface area contributed by atoms with Crippen molar-refractivity contribution in [1.82, 2.24) is 4.98 Å². The molecule has 0 radical (unpaired) electrons. The van der Waals surface area contributed by atoms with Crippen LogP contribution in [0.25, 0.3) is 0 Å². The van der Waals surface area contributed by atoms with Crippen molar-refractivity contribution in [2.24, 2.45) is 0 Å². The molecule has 0 bridgehead atoms. The van der Waals surface area contributed by atoms with Crippen LogP contribution in [0.2, 0.25) is 0 Å². The molecule has 0 N–H and O–H groups in total. The summed E-state index contributed by atoms with van der Waals surface area (Å²) in [5.74, 6) is 1.71. The normalized spacial score (nSPS) is 10.6. The topological polar surface area (TPSA) is 22.1 Å². The second-order valence-corrected chi connectivity index (χ2v) is 5.47. The summed E-state index contributed by atoms with van der Waals surface area (Å²) >= 11 is 5.89. The molecule has 1 aromatic carbocycles. The molecule has 0 atom stereocenters. The number of aryl methyl sites for hydroxylation is 2. The molecule has 0 spiro atoms. The Balaban J connectivity index is 1.92. The van der Waals surface area contributed by atoms with E-state index in [9.17, 15) is 0 Å². The average Bonchev–Trinajstić information content (AvgIpc) is 2.81. The lowest BCUT2D eigenvalue weighted by Gasteiger charge is -2.10. The van der Waals surface area contributed by atoms with Gasteiger partial charge in [-0.25, -0.2) is 4.98 Å². The maximum atomic E-state index is 5.86. The van der Waals surface area contributed by atoms with E-state index in [1.54, 1.807) is 11.3 Å². The molecule has 0 aliphatic heterocycles. The van der Waals surface area contributed by atoms with Crippen LogP contribution in [0.4, 0.5) is 0 Å². The smallest absolute Gasteiger partial charge is 0.125 e. The summed E-state index contributed by atoms with van der Waals surface area (Å²) in [6, 6.07) is 6.20. The molecule has 2 aromatic rings. The monoisotopic (exact) mass is 279 g/mol. The zero-order chi connectivity index (χ0) is 13.0. The van der Waals surface area contributed by atoms with E-state index in [-0.39, 0.29) is 0 Å². The minimum atomic E-state index is 0.672. The minimum Gasteiger partial charge on any atom is -0.493 e. The van der Waals surface area contributed by atoms with Crippen molar-refractivity contribution < 1.29 is 4.74 Å². The van der Waals surface area contributed by atoms with Gasteiger partial charge in [-0.2, -0.15) is 12.6 Å². The molecule has 2 nitrogen and oxygen atoms in total. The van der Waals surface area contributed by atoms with Gasteiger partial charge in [-0.05, 0) is 25.0 Å². The molecule has 0 fully saturated rings. The standard InChI is InChI=1S/C14H17NOS2/c1-10-4-3-5-11(2)14(10)16-7-6-13-15-12(8-17)9-18-13/h3-5,9,17H,6-8H2,1-2H3. The van der Waals surface area contributed by atoms with Gasteiger partial charge in [0.25, 0.3) is 0 Å². The zero-order valence-electron chi connectivity index (χ0n) is 10.6. The fourth-order valence-corrected chi connectivity index (χ4v) is 2.87. The molecular weight excluding hydrogens is 262 g/mol. The first kappa shape index (κ1) is 13.4. The number of benzene rings is 1. The predicted octanol–water partition coefficient (Wildman–Crippen LogP) is 3.81. The molecule has 1 heterocycles. The Morgan fingerprint density at radius 1 is 1.28 bits per heavy atom. The molecule has 4 heteroatoms. The highest BCUT2D eigenvalue weighted by atomic mass is 32.1. The molecule has 1 aromatic heterocycles. The van der Waals surface area contributed by atoms with E-state index in [1.807, 2.05) is 0 Å². The van der Waals surface area contributed by atoms with E-state index in [0.717, 1.165) is 22.9 Å². The molecule has 0 saturated carbocycles. The molecule has 0 aliphatic carbocycles. The van der Waals surface area contributed by atoms with E-state index in [2.05, 4.69) is 55.0 Å². The average molecular weight is 279 g/mol. The third kappa shape index (κ3) is 3.27. The van der Waals surface area contributed by atoms with Gasteiger partial charge in [0, 0.05) is 17.6 Å². The summed E-state index contributed by atoms with van der Waals surface area (Å²) in [5, 5.41) is 3.17. The summed E-state index contributed by atoms with van der Waals surface area (Å²) in [6.45, 7) is 4.82. The van der Waals surface area contributed by atoms with Crippen molar-refractivity contribution in [1.29, 1.82) is 0 Å². The van der Waals surface area contributed by atoms with E-state index in [4.69, 9.17) is 4.74 Å². The molecule has 2 rings (SSSR count). The van der Waals surface area contributed by atoms with E-state index >= 15 is 0 Å². The molecule has 0 unspecified atom stereocenters. The van der Waals surface area contributed by atoms with Crippen molar-refractivity contribution in [3.05, 3.63) is 45.4 Å². The second-order valence-electron chi connectivity index (χ2n) is 4.21. The zero-order valence-corrected chi connectivity index (χ0v) is 12.4. The van der Waals surface area contributed by atoms with Crippen LogP contribution in [0, 0.1) is 13.8 Å². The van der Waals surface area contributed by atoms with Crippen LogP contribution < -0.4 is 4.74 Å². The van der Waals surface area contributed by atoms with Gasteiger partial charge in [0.1, 0.15) is 5.75 Å². The molecule has 18 heavy (non-hydrogen) atoms. The first-order valence-corrected chi connectivity index (χ1v) is 7.45. The van der Waals surface area contributed by atoms with Crippen LogP contribution in [0.1, 0.15) is 21.8 Å². The first-order chi connectivity index (χ1) is 8.70. The summed E-state index contributed by atoms with van der Waals surface area (Å²) in [5.41, 5.74) is 3.42. The van der Waals surface area contributed by atoms with Crippen LogP contribution in [0.5, 0.6) is 5.75 Å². The summed E-state index contributed by atoms with van der Waals surface area (Å²) in [6.07, 6.45) is 0.853. The number of thiazole rings is 1. The Bertz CT molecular complexity index is 502. The lowest BCUT2D eigenvalue weighted by molar-refractivity contribution is 0.317. The van der Waals surface area contributed by atoms with Crippen molar-refractivity contribution in [2.75, 3.05) is 6.61 Å². The number of hydrogen-bond acceptors (Lipinski definition) is 4. The molecule has 0 saturated heterocycles. The van der Waals surface area contributed by atoms with Gasteiger partial charge in [0.2, 0.25) is 0 Å². The fourth-order valence-electron chi connectivity index (χ4n) is 1.80. The Morgan fingerprint density at radius 3 is 2.61 bits per heavy atom. The number of ether oxygens (including phenoxy) is 1. The van der Waals surface area contributed by atoms with Crippen LogP contribution in [0.15, 0.2) is 23.6 Å². The minimum absolute atomic E-state index is 0.672. The van der Waals surface area contributed by atoms with Gasteiger partial charge in [0.15, 0.2) is 0 Å². The van der Waals surface area contributed by atoms with Gasteiger partial charge in [-0.3, -0.25) is 0 Å². The quantitative estimate of drug-likeness (QED) is 0.841. The maximum Gasteiger partial charge on any atom is 0.125 e. The first-order valence-electron chi connectivity index (χ1n) is 5.94. The highest BCUT2D eigenvalue weighted by Crippen LogP contribution is 2.22. The van der Waals surface area contributed by atoms with Crippen LogP contribution >= 0.6 is 24.0 Å². The van der Waals surface area contributed by atoms with Gasteiger partial charge >= 0.3 is 0 Å². The Kier molecular flexibility index (Phi) is 4.66. The van der Waals surface area contributed by atoms with Gasteiger partial charge in [-0.15, -0.1) is 11.3 Å². The number of thiol groups is 1. The highest BCUT2D eigenvalue weighted by Gasteiger charge is 2.05. The fraction of sp³-hybridized carbons (Fsp3) is 0.357. The number of rotatable bonds is 5. The molecule has 0 amide bonds. The van der Waals surface area contributed by atoms with Crippen molar-refractivity contribution >= 4 is 24.0 Å². The van der Waals surface area contributed by atoms with Crippen molar-refractivity contribution in [3.63, 3.8) is 0 Å². The van der Waals surface area contributed by atoms with E-state index < -0.39 is 0 Å². The van der Waals surface area contributed by atoms with Crippen LogP contribution in [-0.2, 0) is 12.2 Å². The summed E-state index contributed by atoms with van der Waals surface area (Å²) in [7, 11) is 0. The molecule has 0 aliphatic rings. The van der Waals surface area contributed by atoms with Gasteiger partial charge < -0.3 is 4.74 Å². The lowest BCUT2D eigenvalue weighted by Crippen LogP contribution is -2.03. The second kappa shape index (κ2) is 6.25. The number of aromatic nitrogens is 1. The van der Waals surface area contributed by atoms with Crippen molar-refractivity contribution in [2.45, 2.75) is 26.0 Å². The SMILES string of the molecule is Cc1cccc(C)c1OCCc1nc(CS)cs1. The molecular formula is C14H17NOS2. The summed E-state index contributed by atoms with van der Waals surface area (Å²) in [4.78, 5) is 4.47. The van der Waals surface area contributed by atoms with Crippen LogP contribution in [-0.4, -0.2) is 11.6 Å². The lowest BCUT2D eigenvalue weighted by atomic mass is 10.1. The van der Waals surface area contributed by atoms with Crippen LogP contribution in [0.3, 0.4) is 0 Å². The van der Waals surface area contributed by atoms with E-state index in [1.165, 1.54) is 11.1 Å². The Hall–Kier alpha value is -1.000. The Labute approximate surface area is 117 Å². The van der Waals surface area contributed by atoms with Crippen molar-refractivity contribution in [3.8, 4) is 5.75 Å². The third-order valence-electron chi connectivity index (χ3n) is 2.73. The number of para-hydroxylation sites is 1. The highest BCUT2D eigenvalue weighted by molar-refractivity contribution is 7.79. The molecule has 96 valence electrons. The predicted molar refractivity (Wildman–Crippen MR) is 79.9 cm³/mol.